The largest absolute Gasteiger partial charge is 0.481 e. The highest BCUT2D eigenvalue weighted by Gasteiger charge is 2.28. The molecule has 0 fully saturated rings. The van der Waals surface area contributed by atoms with E-state index >= 15 is 0 Å². The van der Waals surface area contributed by atoms with Crippen LogP contribution in [0.1, 0.15) is 23.2 Å². The maximum atomic E-state index is 12.4. The number of rotatable bonds is 9. The van der Waals surface area contributed by atoms with E-state index in [2.05, 4.69) is 26.3 Å². The number of aliphatic imine (C=N–C) groups is 1. The monoisotopic (exact) mass is 460 g/mol. The molecule has 2 unspecified atom stereocenters. The Morgan fingerprint density at radius 3 is 2.61 bits per heavy atom. The summed E-state index contributed by atoms with van der Waals surface area (Å²) in [4.78, 5) is 40.5. The zero-order chi connectivity index (χ0) is 24.1. The number of carboxylic acid groups (broad SMARTS) is 2. The lowest BCUT2D eigenvalue weighted by Crippen LogP contribution is -2.58. The van der Waals surface area contributed by atoms with Crippen molar-refractivity contribution in [2.45, 2.75) is 31.1 Å². The summed E-state index contributed by atoms with van der Waals surface area (Å²) in [6.45, 7) is 1.25. The summed E-state index contributed by atoms with van der Waals surface area (Å²) in [5.41, 5.74) is 13.6. The molecule has 0 bridgehead atoms. The molecule has 1 aromatic rings. The Labute approximate surface area is 189 Å². The van der Waals surface area contributed by atoms with Crippen molar-refractivity contribution in [3.63, 3.8) is 0 Å². The van der Waals surface area contributed by atoms with Gasteiger partial charge in [0.1, 0.15) is 18.0 Å². The number of nitrogens with two attached hydrogens (primary N) is 2. The number of amides is 1. The summed E-state index contributed by atoms with van der Waals surface area (Å²) in [5.74, 6) is -2.02. The first kappa shape index (κ1) is 23.7. The van der Waals surface area contributed by atoms with Crippen molar-refractivity contribution in [3.05, 3.63) is 41.3 Å². The van der Waals surface area contributed by atoms with Gasteiger partial charge in [0.15, 0.2) is 5.96 Å². The predicted molar refractivity (Wildman–Crippen MR) is 120 cm³/mol. The molecule has 0 aliphatic carbocycles. The Hall–Kier alpha value is -4.00. The number of hydrogen-bond acceptors (Lipinski definition) is 10. The molecule has 10 N–H and O–H groups in total. The Bertz CT molecular complexity index is 977. The van der Waals surface area contributed by atoms with Crippen LogP contribution in [0.5, 0.6) is 0 Å². The van der Waals surface area contributed by atoms with Crippen LogP contribution in [0.25, 0.3) is 0 Å². The third-order valence-corrected chi connectivity index (χ3v) is 5.30. The molecule has 0 aromatic heterocycles. The van der Waals surface area contributed by atoms with Crippen LogP contribution in [-0.2, 0) is 9.59 Å². The first-order valence-electron chi connectivity index (χ1n) is 10.3. The van der Waals surface area contributed by atoms with E-state index in [9.17, 15) is 19.5 Å². The summed E-state index contributed by atoms with van der Waals surface area (Å²) in [6.07, 6.45) is -1.14. The molecule has 13 heteroatoms. The number of carboxylic acids is 2. The van der Waals surface area contributed by atoms with Crippen LogP contribution >= 0.6 is 0 Å². The molecule has 2 heterocycles. The van der Waals surface area contributed by atoms with Gasteiger partial charge in [-0.2, -0.15) is 0 Å². The van der Waals surface area contributed by atoms with Gasteiger partial charge in [0.05, 0.1) is 11.7 Å². The number of benzene rings is 1. The van der Waals surface area contributed by atoms with E-state index in [1.54, 1.807) is 24.3 Å². The van der Waals surface area contributed by atoms with Crippen molar-refractivity contribution in [3.8, 4) is 0 Å². The third kappa shape index (κ3) is 6.04. The molecule has 0 radical (unpaired) electrons. The maximum Gasteiger partial charge on any atom is 0.326 e. The smallest absolute Gasteiger partial charge is 0.326 e. The number of nitrogens with one attached hydrogen (secondary N) is 4. The SMILES string of the molecule is CN(CC1CNC2=C(N1)C(N)N=C(N)N2)c1ccc(C(=O)N[C@@H](CCC(=O)O)C(=O)O)cc1. The molecule has 2 aliphatic rings. The number of hydrogen-bond donors (Lipinski definition) is 8. The van der Waals surface area contributed by atoms with Crippen molar-refractivity contribution in [1.82, 2.24) is 21.3 Å². The lowest BCUT2D eigenvalue weighted by Gasteiger charge is -2.36. The van der Waals surface area contributed by atoms with Gasteiger partial charge in [-0.25, -0.2) is 9.79 Å². The van der Waals surface area contributed by atoms with Gasteiger partial charge in [-0.3, -0.25) is 9.59 Å². The summed E-state index contributed by atoms with van der Waals surface area (Å²) < 4.78 is 0. The fourth-order valence-corrected chi connectivity index (χ4v) is 3.56. The average Bonchev–Trinajstić information content (AvgIpc) is 2.76. The van der Waals surface area contributed by atoms with E-state index in [1.807, 2.05) is 11.9 Å². The van der Waals surface area contributed by atoms with Gasteiger partial charge in [-0.15, -0.1) is 0 Å². The van der Waals surface area contributed by atoms with Gasteiger partial charge in [-0.1, -0.05) is 0 Å². The first-order chi connectivity index (χ1) is 15.6. The molecule has 3 rings (SSSR count). The number of nitrogens with zero attached hydrogens (tertiary/aromatic N) is 2. The van der Waals surface area contributed by atoms with Gasteiger partial charge in [0, 0.05) is 37.8 Å². The molecule has 33 heavy (non-hydrogen) atoms. The highest BCUT2D eigenvalue weighted by Crippen LogP contribution is 2.17. The van der Waals surface area contributed by atoms with E-state index in [0.717, 1.165) is 11.4 Å². The summed E-state index contributed by atoms with van der Waals surface area (Å²) >= 11 is 0. The van der Waals surface area contributed by atoms with Crippen molar-refractivity contribution >= 4 is 29.5 Å². The second-order valence-electron chi connectivity index (χ2n) is 7.82. The first-order valence-corrected chi connectivity index (χ1v) is 10.3. The van der Waals surface area contributed by atoms with Crippen LogP contribution < -0.4 is 37.6 Å². The molecule has 13 nitrogen and oxygen atoms in total. The van der Waals surface area contributed by atoms with Crippen LogP contribution in [0.15, 0.2) is 40.8 Å². The van der Waals surface area contributed by atoms with E-state index in [4.69, 9.17) is 16.6 Å². The molecule has 1 aromatic carbocycles. The minimum Gasteiger partial charge on any atom is -0.481 e. The van der Waals surface area contributed by atoms with Crippen molar-refractivity contribution < 1.29 is 24.6 Å². The van der Waals surface area contributed by atoms with E-state index in [1.165, 1.54) is 0 Å². The predicted octanol–water partition coefficient (Wildman–Crippen LogP) is -1.90. The second kappa shape index (κ2) is 10.1. The van der Waals surface area contributed by atoms with Crippen LogP contribution in [0.2, 0.25) is 0 Å². The van der Waals surface area contributed by atoms with Gasteiger partial charge in [0.2, 0.25) is 0 Å². The van der Waals surface area contributed by atoms with Gasteiger partial charge in [-0.05, 0) is 30.7 Å². The Morgan fingerprint density at radius 2 is 1.97 bits per heavy atom. The zero-order valence-corrected chi connectivity index (χ0v) is 18.0. The number of guanidine groups is 1. The molecular formula is C20H28N8O5. The van der Waals surface area contributed by atoms with Crippen LogP contribution in [0, 0.1) is 0 Å². The molecule has 3 atom stereocenters. The fraction of sp³-hybridized carbons (Fsp3) is 0.400. The van der Waals surface area contributed by atoms with Crippen LogP contribution in [0.4, 0.5) is 5.69 Å². The minimum absolute atomic E-state index is 0.0321. The molecule has 0 saturated carbocycles. The zero-order valence-electron chi connectivity index (χ0n) is 18.0. The Kier molecular flexibility index (Phi) is 7.23. The van der Waals surface area contributed by atoms with Gasteiger partial charge < -0.3 is 47.8 Å². The third-order valence-electron chi connectivity index (χ3n) is 5.30. The average molecular weight is 460 g/mol. The normalized spacial score (nSPS) is 20.2. The van der Waals surface area contributed by atoms with E-state index < -0.39 is 30.1 Å². The highest BCUT2D eigenvalue weighted by atomic mass is 16.4. The molecule has 178 valence electrons. The summed E-state index contributed by atoms with van der Waals surface area (Å²) in [6, 6.07) is 5.43. The number of anilines is 1. The fourth-order valence-electron chi connectivity index (χ4n) is 3.56. The van der Waals surface area contributed by atoms with E-state index in [0.29, 0.717) is 18.9 Å². The van der Waals surface area contributed by atoms with E-state index in [-0.39, 0.29) is 30.4 Å². The van der Waals surface area contributed by atoms with Crippen LogP contribution in [-0.4, -0.2) is 72.4 Å². The molecule has 0 saturated heterocycles. The lowest BCUT2D eigenvalue weighted by molar-refractivity contribution is -0.140. The van der Waals surface area contributed by atoms with Crippen molar-refractivity contribution in [1.29, 1.82) is 0 Å². The summed E-state index contributed by atoms with van der Waals surface area (Å²) in [7, 11) is 1.90. The second-order valence-corrected chi connectivity index (χ2v) is 7.82. The number of aliphatic carboxylic acids is 2. The number of carbonyl (C=O) groups is 3. The van der Waals surface area contributed by atoms with Crippen LogP contribution in [0.3, 0.4) is 0 Å². The summed E-state index contributed by atoms with van der Waals surface area (Å²) in [5, 5.41) is 29.9. The lowest BCUT2D eigenvalue weighted by atomic mass is 10.1. The van der Waals surface area contributed by atoms with Crippen molar-refractivity contribution in [2.24, 2.45) is 16.5 Å². The minimum atomic E-state index is -1.28. The molecule has 0 spiro atoms. The number of likely N-dealkylation sites (N-methyl/N-ethyl adjacent to an activating group) is 1. The maximum absolute atomic E-state index is 12.4. The molecule has 1 amide bonds. The number of carbonyl (C=O) groups excluding carboxylic acids is 1. The standard InChI is InChI=1S/C20H28N8O5/c1-28(9-11-8-23-17-15(24-11)16(21)26-20(22)27-17)12-4-2-10(3-5-12)18(31)25-13(19(32)33)6-7-14(29)30/h2-5,11,13,16,23-24H,6-9,21H2,1H3,(H,25,31)(H,29,30)(H,32,33)(H3,22,26,27)/t11?,13-,16?/m0/s1. The highest BCUT2D eigenvalue weighted by molar-refractivity contribution is 5.97. The Morgan fingerprint density at radius 1 is 1.27 bits per heavy atom. The Balaban J connectivity index is 1.57. The van der Waals surface area contributed by atoms with Gasteiger partial charge >= 0.3 is 11.9 Å². The molecule has 2 aliphatic heterocycles. The topological polar surface area (TPSA) is 207 Å². The van der Waals surface area contributed by atoms with Gasteiger partial charge in [0.25, 0.3) is 5.91 Å². The van der Waals surface area contributed by atoms with Crippen molar-refractivity contribution in [2.75, 3.05) is 25.0 Å². The molecular weight excluding hydrogens is 432 g/mol. The quantitative estimate of drug-likeness (QED) is 0.204.